The molecular weight excluding hydrogens is 258 g/mol. The van der Waals surface area contributed by atoms with Gasteiger partial charge in [-0.05, 0) is 50.4 Å². The summed E-state index contributed by atoms with van der Waals surface area (Å²) in [6.45, 7) is 7.14. The summed E-state index contributed by atoms with van der Waals surface area (Å²) >= 11 is 6.43. The predicted octanol–water partition coefficient (Wildman–Crippen LogP) is 3.40. The van der Waals surface area contributed by atoms with Crippen LogP contribution in [-0.2, 0) is 19.5 Å². The molecule has 2 aliphatic rings. The summed E-state index contributed by atoms with van der Waals surface area (Å²) in [6.07, 6.45) is 6.66. The van der Waals surface area contributed by atoms with Crippen LogP contribution in [0.1, 0.15) is 50.9 Å². The molecule has 2 aliphatic carbocycles. The molecule has 0 radical (unpaired) electrons. The van der Waals surface area contributed by atoms with E-state index in [0.717, 1.165) is 48.4 Å². The smallest absolute Gasteiger partial charge is 0.0863 e. The maximum absolute atomic E-state index is 6.43. The summed E-state index contributed by atoms with van der Waals surface area (Å²) in [5, 5.41) is 9.07. The molecule has 106 valence electrons. The fourth-order valence-corrected chi connectivity index (χ4v) is 3.54. The normalized spacial score (nSPS) is 20.8. The molecule has 0 unspecified atom stereocenters. The first-order valence-corrected chi connectivity index (χ1v) is 8.02. The minimum Gasteiger partial charge on any atom is -0.311 e. The van der Waals surface area contributed by atoms with Crippen molar-refractivity contribution in [2.24, 2.45) is 11.3 Å². The zero-order chi connectivity index (χ0) is 13.5. The third kappa shape index (κ3) is 2.55. The van der Waals surface area contributed by atoms with E-state index in [1.807, 2.05) is 4.68 Å². The lowest BCUT2D eigenvalue weighted by molar-refractivity contribution is 0.399. The van der Waals surface area contributed by atoms with Crippen molar-refractivity contribution in [3.8, 4) is 0 Å². The first-order valence-electron chi connectivity index (χ1n) is 7.65. The highest BCUT2D eigenvalue weighted by molar-refractivity contribution is 6.31. The minimum atomic E-state index is 0.650. The number of nitrogens with zero attached hydrogens (tertiary/aromatic N) is 2. The number of rotatable bonds is 7. The fraction of sp³-hybridized carbons (Fsp3) is 0.800. The second-order valence-corrected chi connectivity index (χ2v) is 6.49. The fourth-order valence-electron chi connectivity index (χ4n) is 3.20. The van der Waals surface area contributed by atoms with Crippen LogP contribution in [0, 0.1) is 11.3 Å². The molecule has 3 nitrogen and oxygen atoms in total. The van der Waals surface area contributed by atoms with Crippen molar-refractivity contribution >= 4 is 11.6 Å². The summed E-state index contributed by atoms with van der Waals surface area (Å²) < 4.78 is 2.05. The predicted molar refractivity (Wildman–Crippen MR) is 78.4 cm³/mol. The molecule has 1 heterocycles. The van der Waals surface area contributed by atoms with Crippen LogP contribution in [0.2, 0.25) is 5.02 Å². The van der Waals surface area contributed by atoms with Crippen LogP contribution in [0.25, 0.3) is 0 Å². The summed E-state index contributed by atoms with van der Waals surface area (Å²) in [5.41, 5.74) is 2.84. The molecule has 0 aromatic carbocycles. The van der Waals surface area contributed by atoms with Crippen LogP contribution in [0.5, 0.6) is 0 Å². The molecule has 0 amide bonds. The Hall–Kier alpha value is -0.540. The largest absolute Gasteiger partial charge is 0.311 e. The number of aromatic nitrogens is 2. The molecule has 3 rings (SSSR count). The second kappa shape index (κ2) is 5.10. The summed E-state index contributed by atoms with van der Waals surface area (Å²) in [7, 11) is 0. The van der Waals surface area contributed by atoms with Crippen molar-refractivity contribution in [1.29, 1.82) is 0 Å². The first kappa shape index (κ1) is 13.4. The van der Waals surface area contributed by atoms with Gasteiger partial charge in [-0.3, -0.25) is 4.68 Å². The standard InChI is InChI=1S/C15H24ClN3/c1-3-12-14(16)13(19(4-2)18-12)9-17-10-15(7-8-15)11-5-6-11/h11,17H,3-10H2,1-2H3. The van der Waals surface area contributed by atoms with E-state index in [9.17, 15) is 0 Å². The monoisotopic (exact) mass is 281 g/mol. The molecule has 0 saturated heterocycles. The molecule has 1 aromatic rings. The van der Waals surface area contributed by atoms with Gasteiger partial charge >= 0.3 is 0 Å². The van der Waals surface area contributed by atoms with E-state index in [1.165, 1.54) is 25.7 Å². The SMILES string of the molecule is CCc1nn(CC)c(CNCC2(C3CC3)CC2)c1Cl. The highest BCUT2D eigenvalue weighted by Crippen LogP contribution is 2.60. The lowest BCUT2D eigenvalue weighted by Crippen LogP contribution is -2.26. The highest BCUT2D eigenvalue weighted by atomic mass is 35.5. The van der Waals surface area contributed by atoms with Gasteiger partial charge in [0, 0.05) is 19.6 Å². The lowest BCUT2D eigenvalue weighted by Gasteiger charge is -2.15. The van der Waals surface area contributed by atoms with Crippen molar-refractivity contribution in [2.75, 3.05) is 6.54 Å². The Balaban J connectivity index is 1.61. The second-order valence-electron chi connectivity index (χ2n) is 6.12. The maximum atomic E-state index is 6.43. The maximum Gasteiger partial charge on any atom is 0.0863 e. The third-order valence-electron chi connectivity index (χ3n) is 4.80. The van der Waals surface area contributed by atoms with Crippen LogP contribution in [0.3, 0.4) is 0 Å². The molecule has 2 fully saturated rings. The van der Waals surface area contributed by atoms with Gasteiger partial charge in [0.25, 0.3) is 0 Å². The molecule has 1 aromatic heterocycles. The van der Waals surface area contributed by atoms with E-state index in [2.05, 4.69) is 24.3 Å². The van der Waals surface area contributed by atoms with Gasteiger partial charge in [0.1, 0.15) is 0 Å². The zero-order valence-electron chi connectivity index (χ0n) is 12.0. The van der Waals surface area contributed by atoms with Crippen molar-refractivity contribution in [3.63, 3.8) is 0 Å². The Labute approximate surface area is 120 Å². The van der Waals surface area contributed by atoms with E-state index >= 15 is 0 Å². The molecule has 19 heavy (non-hydrogen) atoms. The Bertz CT molecular complexity index is 458. The Morgan fingerprint density at radius 1 is 1.37 bits per heavy atom. The van der Waals surface area contributed by atoms with Gasteiger partial charge in [-0.2, -0.15) is 5.10 Å². The van der Waals surface area contributed by atoms with Gasteiger partial charge < -0.3 is 5.32 Å². The molecule has 0 spiro atoms. The average Bonchev–Trinajstić information content (AvgIpc) is 3.29. The zero-order valence-corrected chi connectivity index (χ0v) is 12.8. The van der Waals surface area contributed by atoms with Crippen LogP contribution < -0.4 is 5.32 Å². The molecule has 0 atom stereocenters. The summed E-state index contributed by atoms with van der Waals surface area (Å²) in [5.74, 6) is 1.01. The lowest BCUT2D eigenvalue weighted by atomic mass is 10.0. The van der Waals surface area contributed by atoms with Crippen molar-refractivity contribution in [2.45, 2.75) is 59.0 Å². The molecule has 1 N–H and O–H groups in total. The van der Waals surface area contributed by atoms with Gasteiger partial charge in [-0.1, -0.05) is 18.5 Å². The first-order chi connectivity index (χ1) is 9.20. The number of halogens is 1. The van der Waals surface area contributed by atoms with Crippen LogP contribution in [0.15, 0.2) is 0 Å². The topological polar surface area (TPSA) is 29.9 Å². The third-order valence-corrected chi connectivity index (χ3v) is 5.24. The Kier molecular flexibility index (Phi) is 3.61. The van der Waals surface area contributed by atoms with Crippen molar-refractivity contribution < 1.29 is 0 Å². The average molecular weight is 282 g/mol. The Morgan fingerprint density at radius 2 is 2.11 bits per heavy atom. The van der Waals surface area contributed by atoms with E-state index in [0.29, 0.717) is 5.41 Å². The number of nitrogens with one attached hydrogen (secondary N) is 1. The van der Waals surface area contributed by atoms with Gasteiger partial charge in [0.2, 0.25) is 0 Å². The van der Waals surface area contributed by atoms with Gasteiger partial charge in [0.15, 0.2) is 0 Å². The van der Waals surface area contributed by atoms with Gasteiger partial charge in [-0.25, -0.2) is 0 Å². The van der Waals surface area contributed by atoms with E-state index in [4.69, 9.17) is 11.6 Å². The van der Waals surface area contributed by atoms with E-state index < -0.39 is 0 Å². The van der Waals surface area contributed by atoms with Crippen LogP contribution >= 0.6 is 11.6 Å². The summed E-state index contributed by atoms with van der Waals surface area (Å²) in [6, 6.07) is 0. The molecule has 0 aliphatic heterocycles. The molecule has 0 bridgehead atoms. The minimum absolute atomic E-state index is 0.650. The Morgan fingerprint density at radius 3 is 2.63 bits per heavy atom. The van der Waals surface area contributed by atoms with Crippen LogP contribution in [-0.4, -0.2) is 16.3 Å². The number of hydrogen-bond donors (Lipinski definition) is 1. The number of aryl methyl sites for hydroxylation is 2. The quantitative estimate of drug-likeness (QED) is 0.830. The van der Waals surface area contributed by atoms with Crippen molar-refractivity contribution in [3.05, 3.63) is 16.4 Å². The molecule has 4 heteroatoms. The van der Waals surface area contributed by atoms with E-state index in [1.54, 1.807) is 0 Å². The molecular formula is C15H24ClN3. The van der Waals surface area contributed by atoms with Crippen molar-refractivity contribution in [1.82, 2.24) is 15.1 Å². The molecule has 2 saturated carbocycles. The number of hydrogen-bond acceptors (Lipinski definition) is 2. The van der Waals surface area contributed by atoms with E-state index in [-0.39, 0.29) is 0 Å². The van der Waals surface area contributed by atoms with Crippen LogP contribution in [0.4, 0.5) is 0 Å². The van der Waals surface area contributed by atoms with Gasteiger partial charge in [-0.15, -0.1) is 0 Å². The summed E-state index contributed by atoms with van der Waals surface area (Å²) in [4.78, 5) is 0. The highest BCUT2D eigenvalue weighted by Gasteiger charge is 2.53. The van der Waals surface area contributed by atoms with Gasteiger partial charge in [0.05, 0.1) is 16.4 Å².